The van der Waals surface area contributed by atoms with Gasteiger partial charge in [-0.3, -0.25) is 4.79 Å². The quantitative estimate of drug-likeness (QED) is 0.474. The minimum atomic E-state index is -0.347. The first kappa shape index (κ1) is 16.0. The average molecular weight is 298 g/mol. The van der Waals surface area contributed by atoms with E-state index in [4.69, 9.17) is 4.42 Å². The first-order valence-electron chi connectivity index (χ1n) is 7.68. The molecule has 1 aromatic heterocycles. The summed E-state index contributed by atoms with van der Waals surface area (Å²) in [5.74, 6) is -0.0941. The Morgan fingerprint density at radius 1 is 1.18 bits per heavy atom. The molecule has 0 aliphatic carbocycles. The van der Waals surface area contributed by atoms with E-state index in [1.807, 2.05) is 19.1 Å². The van der Waals surface area contributed by atoms with Crippen molar-refractivity contribution < 1.29 is 9.21 Å². The van der Waals surface area contributed by atoms with Gasteiger partial charge in [-0.05, 0) is 43.0 Å². The van der Waals surface area contributed by atoms with Crippen molar-refractivity contribution in [2.24, 2.45) is 5.10 Å². The second kappa shape index (κ2) is 8.17. The number of carbonyl (C=O) groups is 1. The number of amides is 1. The highest BCUT2D eigenvalue weighted by atomic mass is 16.3. The number of nitrogens with zero attached hydrogens (tertiary/aromatic N) is 1. The van der Waals surface area contributed by atoms with Gasteiger partial charge >= 0.3 is 5.91 Å². The van der Waals surface area contributed by atoms with Crippen molar-refractivity contribution in [2.75, 3.05) is 0 Å². The lowest BCUT2D eigenvalue weighted by Gasteiger charge is -2.04. The van der Waals surface area contributed by atoms with Crippen LogP contribution in [0, 0.1) is 0 Å². The molecule has 1 heterocycles. The van der Waals surface area contributed by atoms with E-state index in [1.165, 1.54) is 31.1 Å². The lowest BCUT2D eigenvalue weighted by molar-refractivity contribution is 0.0927. The molecule has 0 unspecified atom stereocenters. The summed E-state index contributed by atoms with van der Waals surface area (Å²) in [5, 5.41) is 4.11. The highest BCUT2D eigenvalue weighted by molar-refractivity contribution is 6.00. The largest absolute Gasteiger partial charge is 0.459 e. The molecule has 1 amide bonds. The molecule has 0 saturated heterocycles. The van der Waals surface area contributed by atoms with Gasteiger partial charge in [0.25, 0.3) is 0 Å². The Morgan fingerprint density at radius 2 is 1.95 bits per heavy atom. The van der Waals surface area contributed by atoms with Crippen LogP contribution in [-0.2, 0) is 6.42 Å². The minimum Gasteiger partial charge on any atom is -0.459 e. The Labute approximate surface area is 131 Å². The molecule has 0 spiro atoms. The molecule has 0 radical (unpaired) electrons. The van der Waals surface area contributed by atoms with E-state index in [-0.39, 0.29) is 11.7 Å². The summed E-state index contributed by atoms with van der Waals surface area (Å²) in [6, 6.07) is 11.6. The van der Waals surface area contributed by atoms with Crippen molar-refractivity contribution in [3.63, 3.8) is 0 Å². The topological polar surface area (TPSA) is 54.6 Å². The molecular weight excluding hydrogens is 276 g/mol. The smallest absolute Gasteiger partial charge is 0.307 e. The van der Waals surface area contributed by atoms with E-state index in [9.17, 15) is 4.79 Å². The van der Waals surface area contributed by atoms with Gasteiger partial charge in [-0.1, -0.05) is 44.0 Å². The van der Waals surface area contributed by atoms with Crippen LogP contribution in [0.25, 0.3) is 0 Å². The first-order chi connectivity index (χ1) is 10.7. The maximum atomic E-state index is 11.7. The van der Waals surface area contributed by atoms with E-state index in [1.54, 1.807) is 12.1 Å². The number of benzene rings is 1. The van der Waals surface area contributed by atoms with Crippen LogP contribution >= 0.6 is 0 Å². The number of unbranched alkanes of at least 4 members (excludes halogenated alkanes) is 2. The number of carbonyl (C=O) groups excluding carboxylic acids is 1. The van der Waals surface area contributed by atoms with E-state index in [0.717, 1.165) is 17.7 Å². The van der Waals surface area contributed by atoms with Crippen LogP contribution in [0.5, 0.6) is 0 Å². The number of rotatable bonds is 7. The monoisotopic (exact) mass is 298 g/mol. The zero-order valence-electron chi connectivity index (χ0n) is 13.1. The Bertz CT molecular complexity index is 613. The van der Waals surface area contributed by atoms with E-state index in [2.05, 4.69) is 29.6 Å². The number of aryl methyl sites for hydroxylation is 1. The Morgan fingerprint density at radius 3 is 2.59 bits per heavy atom. The zero-order chi connectivity index (χ0) is 15.8. The van der Waals surface area contributed by atoms with Crippen molar-refractivity contribution in [1.82, 2.24) is 5.43 Å². The summed E-state index contributed by atoms with van der Waals surface area (Å²) < 4.78 is 5.01. The van der Waals surface area contributed by atoms with E-state index < -0.39 is 0 Å². The highest BCUT2D eigenvalue weighted by Gasteiger charge is 2.07. The van der Waals surface area contributed by atoms with Gasteiger partial charge in [0.2, 0.25) is 0 Å². The molecule has 0 saturated carbocycles. The van der Waals surface area contributed by atoms with Crippen LogP contribution in [0.3, 0.4) is 0 Å². The number of hydrazone groups is 1. The average Bonchev–Trinajstić information content (AvgIpc) is 3.08. The van der Waals surface area contributed by atoms with Gasteiger partial charge in [0, 0.05) is 0 Å². The lowest BCUT2D eigenvalue weighted by Crippen LogP contribution is -2.18. The standard InChI is InChI=1S/C18H22N2O2/c1-3-4-5-7-15-9-11-16(12-10-15)14(2)19-20-18(21)17-8-6-13-22-17/h6,8-13H,3-5,7H2,1-2H3,(H,20,21). The molecule has 22 heavy (non-hydrogen) atoms. The first-order valence-corrected chi connectivity index (χ1v) is 7.68. The molecule has 116 valence electrons. The minimum absolute atomic E-state index is 0.253. The van der Waals surface area contributed by atoms with Crippen LogP contribution < -0.4 is 5.43 Å². The third-order valence-corrected chi connectivity index (χ3v) is 3.51. The summed E-state index contributed by atoms with van der Waals surface area (Å²) >= 11 is 0. The van der Waals surface area contributed by atoms with Crippen molar-refractivity contribution in [3.05, 3.63) is 59.5 Å². The fraction of sp³-hybridized carbons (Fsp3) is 0.333. The maximum Gasteiger partial charge on any atom is 0.307 e. The fourth-order valence-corrected chi connectivity index (χ4v) is 2.15. The summed E-state index contributed by atoms with van der Waals surface area (Å²) in [6.45, 7) is 4.08. The molecule has 1 N–H and O–H groups in total. The number of nitrogens with one attached hydrogen (secondary N) is 1. The second-order valence-electron chi connectivity index (χ2n) is 5.27. The van der Waals surface area contributed by atoms with Crippen molar-refractivity contribution in [2.45, 2.75) is 39.5 Å². The molecule has 4 nitrogen and oxygen atoms in total. The van der Waals surface area contributed by atoms with Gasteiger partial charge in [0.15, 0.2) is 5.76 Å². The van der Waals surface area contributed by atoms with Gasteiger partial charge < -0.3 is 4.42 Å². The SMILES string of the molecule is CCCCCc1ccc(C(C)=NNC(=O)c2ccco2)cc1. The summed E-state index contributed by atoms with van der Waals surface area (Å²) in [4.78, 5) is 11.7. The van der Waals surface area contributed by atoms with Gasteiger partial charge in [0.1, 0.15) is 0 Å². The predicted molar refractivity (Wildman–Crippen MR) is 88.1 cm³/mol. The number of hydrogen-bond donors (Lipinski definition) is 1. The number of furan rings is 1. The van der Waals surface area contributed by atoms with Crippen molar-refractivity contribution in [3.8, 4) is 0 Å². The Kier molecular flexibility index (Phi) is 5.95. The molecule has 0 bridgehead atoms. The summed E-state index contributed by atoms with van der Waals surface area (Å²) in [6.07, 6.45) is 6.30. The fourth-order valence-electron chi connectivity index (χ4n) is 2.15. The summed E-state index contributed by atoms with van der Waals surface area (Å²) in [5.41, 5.74) is 5.60. The third-order valence-electron chi connectivity index (χ3n) is 3.51. The van der Waals surface area contributed by atoms with Gasteiger partial charge in [-0.15, -0.1) is 0 Å². The molecule has 2 rings (SSSR count). The molecule has 2 aromatic rings. The van der Waals surface area contributed by atoms with E-state index in [0.29, 0.717) is 0 Å². The molecule has 1 aromatic carbocycles. The van der Waals surface area contributed by atoms with Crippen molar-refractivity contribution in [1.29, 1.82) is 0 Å². The Balaban J connectivity index is 1.92. The summed E-state index contributed by atoms with van der Waals surface area (Å²) in [7, 11) is 0. The maximum absolute atomic E-state index is 11.7. The molecular formula is C18H22N2O2. The Hall–Kier alpha value is -2.36. The van der Waals surface area contributed by atoms with Gasteiger partial charge in [-0.25, -0.2) is 5.43 Å². The zero-order valence-corrected chi connectivity index (χ0v) is 13.1. The van der Waals surface area contributed by atoms with Crippen LogP contribution in [-0.4, -0.2) is 11.6 Å². The van der Waals surface area contributed by atoms with Gasteiger partial charge in [-0.2, -0.15) is 5.10 Å². The van der Waals surface area contributed by atoms with Crippen LogP contribution in [0.1, 0.15) is 54.8 Å². The normalized spacial score (nSPS) is 11.5. The van der Waals surface area contributed by atoms with Crippen LogP contribution in [0.15, 0.2) is 52.2 Å². The van der Waals surface area contributed by atoms with Crippen LogP contribution in [0.4, 0.5) is 0 Å². The molecule has 0 aliphatic heterocycles. The van der Waals surface area contributed by atoms with Crippen molar-refractivity contribution >= 4 is 11.6 Å². The second-order valence-corrected chi connectivity index (χ2v) is 5.27. The molecule has 0 atom stereocenters. The molecule has 4 heteroatoms. The third kappa shape index (κ3) is 4.58. The molecule has 0 fully saturated rings. The van der Waals surface area contributed by atoms with Gasteiger partial charge in [0.05, 0.1) is 12.0 Å². The van der Waals surface area contributed by atoms with Crippen LogP contribution in [0.2, 0.25) is 0 Å². The highest BCUT2D eigenvalue weighted by Crippen LogP contribution is 2.10. The predicted octanol–water partition coefficient (Wildman–Crippen LogP) is 4.17. The van der Waals surface area contributed by atoms with E-state index >= 15 is 0 Å². The lowest BCUT2D eigenvalue weighted by atomic mass is 10.0. The number of hydrogen-bond acceptors (Lipinski definition) is 3. The molecule has 0 aliphatic rings.